The Morgan fingerprint density at radius 2 is 1.41 bits per heavy atom. The van der Waals surface area contributed by atoms with E-state index in [0.717, 1.165) is 17.7 Å². The number of aryl methyl sites for hydroxylation is 2. The van der Waals surface area contributed by atoms with E-state index in [9.17, 15) is 9.59 Å². The van der Waals surface area contributed by atoms with Crippen molar-refractivity contribution in [3.05, 3.63) is 76.0 Å². The van der Waals surface area contributed by atoms with E-state index in [2.05, 4.69) is 22.9 Å². The molecule has 3 N–H and O–H groups in total. The predicted octanol–water partition coefficient (Wildman–Crippen LogP) is 5.52. The van der Waals surface area contributed by atoms with Crippen molar-refractivity contribution in [3.8, 4) is 0 Å². The number of rotatable bonds is 5. The molecule has 1 heterocycles. The van der Waals surface area contributed by atoms with E-state index >= 15 is 0 Å². The molecule has 0 radical (unpaired) electrons. The van der Waals surface area contributed by atoms with Crippen molar-refractivity contribution in [1.29, 1.82) is 0 Å². The van der Waals surface area contributed by atoms with Crippen LogP contribution in [-0.2, 0) is 6.42 Å². The molecule has 0 fully saturated rings. The van der Waals surface area contributed by atoms with Gasteiger partial charge in [-0.25, -0.2) is 4.79 Å². The first-order chi connectivity index (χ1) is 13.0. The molecule has 0 aliphatic rings. The Hall–Kier alpha value is -3.12. The maximum Gasteiger partial charge on any atom is 0.323 e. The summed E-state index contributed by atoms with van der Waals surface area (Å²) >= 11 is 1.52. The van der Waals surface area contributed by atoms with Gasteiger partial charge in [0, 0.05) is 21.9 Å². The van der Waals surface area contributed by atoms with Crippen LogP contribution in [0.5, 0.6) is 0 Å². The molecule has 2 aromatic carbocycles. The van der Waals surface area contributed by atoms with Crippen LogP contribution in [0.3, 0.4) is 0 Å². The van der Waals surface area contributed by atoms with E-state index in [4.69, 9.17) is 0 Å². The minimum atomic E-state index is -0.320. The molecular formula is C21H21N3O2S. The van der Waals surface area contributed by atoms with Crippen molar-refractivity contribution in [1.82, 2.24) is 0 Å². The van der Waals surface area contributed by atoms with Crippen LogP contribution >= 0.6 is 11.3 Å². The Morgan fingerprint density at radius 1 is 0.852 bits per heavy atom. The van der Waals surface area contributed by atoms with Gasteiger partial charge in [-0.15, -0.1) is 11.3 Å². The van der Waals surface area contributed by atoms with E-state index in [1.165, 1.54) is 16.2 Å². The summed E-state index contributed by atoms with van der Waals surface area (Å²) < 4.78 is 0. The number of carbonyl (C=O) groups is 2. The summed E-state index contributed by atoms with van der Waals surface area (Å²) in [6.07, 6.45) is 0.926. The quantitative estimate of drug-likeness (QED) is 0.546. The molecule has 1 aromatic heterocycles. The first kappa shape index (κ1) is 18.7. The second-order valence-electron chi connectivity index (χ2n) is 6.05. The van der Waals surface area contributed by atoms with Gasteiger partial charge in [0.1, 0.15) is 0 Å². The highest BCUT2D eigenvalue weighted by atomic mass is 32.1. The zero-order valence-corrected chi connectivity index (χ0v) is 16.0. The molecule has 0 saturated carbocycles. The van der Waals surface area contributed by atoms with Crippen LogP contribution < -0.4 is 16.0 Å². The van der Waals surface area contributed by atoms with Gasteiger partial charge in [0.25, 0.3) is 5.91 Å². The van der Waals surface area contributed by atoms with Crippen LogP contribution in [-0.4, -0.2) is 11.9 Å². The van der Waals surface area contributed by atoms with Crippen molar-refractivity contribution in [3.63, 3.8) is 0 Å². The number of nitrogens with one attached hydrogen (secondary N) is 3. The minimum Gasteiger partial charge on any atom is -0.321 e. The Morgan fingerprint density at radius 3 is 1.96 bits per heavy atom. The summed E-state index contributed by atoms with van der Waals surface area (Å²) in [5.74, 6) is -0.120. The lowest BCUT2D eigenvalue weighted by molar-refractivity contribution is 0.103. The van der Waals surface area contributed by atoms with Crippen molar-refractivity contribution >= 4 is 40.3 Å². The molecule has 0 spiro atoms. The number of urea groups is 1. The Balaban J connectivity index is 1.58. The summed E-state index contributed by atoms with van der Waals surface area (Å²) in [6, 6.07) is 17.8. The number of hydrogen-bond donors (Lipinski definition) is 3. The van der Waals surface area contributed by atoms with E-state index in [-0.39, 0.29) is 11.9 Å². The number of benzene rings is 2. The standard InChI is InChI=1S/C21H21N3O2S/c1-3-18-14(2)13-19(27-18)20(25)22-16-9-11-17(12-10-16)24-21(26)23-15-7-5-4-6-8-15/h4-13H,3H2,1-2H3,(H,22,25)(H2,23,24,26). The second-order valence-corrected chi connectivity index (χ2v) is 7.18. The molecule has 0 unspecified atom stereocenters. The van der Waals surface area contributed by atoms with Crippen LogP contribution in [0.2, 0.25) is 0 Å². The van der Waals surface area contributed by atoms with Crippen LogP contribution in [0.4, 0.5) is 21.9 Å². The smallest absolute Gasteiger partial charge is 0.321 e. The summed E-state index contributed by atoms with van der Waals surface area (Å²) in [4.78, 5) is 26.3. The Labute approximate surface area is 162 Å². The van der Waals surface area contributed by atoms with Crippen molar-refractivity contribution in [2.75, 3.05) is 16.0 Å². The van der Waals surface area contributed by atoms with Crippen LogP contribution in [0.25, 0.3) is 0 Å². The van der Waals surface area contributed by atoms with Gasteiger partial charge in [0.15, 0.2) is 0 Å². The summed E-state index contributed by atoms with van der Waals surface area (Å²) in [7, 11) is 0. The number of thiophene rings is 1. The minimum absolute atomic E-state index is 0.120. The van der Waals surface area contributed by atoms with Crippen molar-refractivity contribution in [2.24, 2.45) is 0 Å². The average molecular weight is 379 g/mol. The molecule has 0 saturated heterocycles. The highest BCUT2D eigenvalue weighted by Crippen LogP contribution is 2.23. The molecule has 0 bridgehead atoms. The third-order valence-electron chi connectivity index (χ3n) is 4.00. The van der Waals surface area contributed by atoms with Crippen LogP contribution in [0, 0.1) is 6.92 Å². The maximum atomic E-state index is 12.4. The molecule has 3 aromatic rings. The fraction of sp³-hybridized carbons (Fsp3) is 0.143. The Kier molecular flexibility index (Phi) is 5.88. The maximum absolute atomic E-state index is 12.4. The van der Waals surface area contributed by atoms with Crippen molar-refractivity contribution < 1.29 is 9.59 Å². The first-order valence-electron chi connectivity index (χ1n) is 8.69. The van der Waals surface area contributed by atoms with Crippen molar-refractivity contribution in [2.45, 2.75) is 20.3 Å². The first-order valence-corrected chi connectivity index (χ1v) is 9.50. The highest BCUT2D eigenvalue weighted by molar-refractivity contribution is 7.14. The second kappa shape index (κ2) is 8.51. The summed E-state index contributed by atoms with van der Waals surface area (Å²) in [6.45, 7) is 4.10. The molecule has 138 valence electrons. The van der Waals surface area contributed by atoms with Gasteiger partial charge in [-0.2, -0.15) is 0 Å². The molecule has 0 aliphatic heterocycles. The summed E-state index contributed by atoms with van der Waals surface area (Å²) in [5, 5.41) is 8.40. The molecular weight excluding hydrogens is 358 g/mol. The van der Waals surface area contributed by atoms with Crippen LogP contribution in [0.15, 0.2) is 60.7 Å². The van der Waals surface area contributed by atoms with E-state index in [1.54, 1.807) is 24.3 Å². The molecule has 3 amide bonds. The highest BCUT2D eigenvalue weighted by Gasteiger charge is 2.12. The lowest BCUT2D eigenvalue weighted by Crippen LogP contribution is -2.19. The van der Waals surface area contributed by atoms with Gasteiger partial charge in [0.2, 0.25) is 0 Å². The number of anilines is 3. The third-order valence-corrected chi connectivity index (χ3v) is 5.38. The topological polar surface area (TPSA) is 70.2 Å². The number of hydrogen-bond acceptors (Lipinski definition) is 3. The van der Waals surface area contributed by atoms with Gasteiger partial charge in [0.05, 0.1) is 4.88 Å². The van der Waals surface area contributed by atoms with E-state index < -0.39 is 0 Å². The van der Waals surface area contributed by atoms with Crippen LogP contribution in [0.1, 0.15) is 27.0 Å². The largest absolute Gasteiger partial charge is 0.323 e. The molecule has 0 aliphatic carbocycles. The zero-order chi connectivity index (χ0) is 19.2. The molecule has 5 nitrogen and oxygen atoms in total. The number of para-hydroxylation sites is 1. The zero-order valence-electron chi connectivity index (χ0n) is 15.2. The molecule has 3 rings (SSSR count). The van der Waals surface area contributed by atoms with Gasteiger partial charge in [-0.05, 0) is 61.4 Å². The molecule has 6 heteroatoms. The monoisotopic (exact) mass is 379 g/mol. The van der Waals surface area contributed by atoms with E-state index in [1.807, 2.05) is 43.3 Å². The van der Waals surface area contributed by atoms with Gasteiger partial charge in [-0.3, -0.25) is 4.79 Å². The van der Waals surface area contributed by atoms with Gasteiger partial charge < -0.3 is 16.0 Å². The number of carbonyl (C=O) groups excluding carboxylic acids is 2. The fourth-order valence-electron chi connectivity index (χ4n) is 2.63. The fourth-order valence-corrected chi connectivity index (χ4v) is 3.64. The normalized spacial score (nSPS) is 10.3. The summed E-state index contributed by atoms with van der Waals surface area (Å²) in [5.41, 5.74) is 3.19. The lowest BCUT2D eigenvalue weighted by atomic mass is 10.2. The SMILES string of the molecule is CCc1sc(C(=O)Nc2ccc(NC(=O)Nc3ccccc3)cc2)cc1C. The molecule has 27 heavy (non-hydrogen) atoms. The number of amides is 3. The predicted molar refractivity (Wildman–Crippen MR) is 112 cm³/mol. The molecule has 0 atom stereocenters. The third kappa shape index (κ3) is 4.95. The lowest BCUT2D eigenvalue weighted by Gasteiger charge is -2.09. The van der Waals surface area contributed by atoms with E-state index in [0.29, 0.717) is 16.3 Å². The van der Waals surface area contributed by atoms with Gasteiger partial charge >= 0.3 is 6.03 Å². The van der Waals surface area contributed by atoms with Gasteiger partial charge in [-0.1, -0.05) is 25.1 Å². The Bertz CT molecular complexity index is 934. The average Bonchev–Trinajstić information content (AvgIpc) is 3.05.